The molecule has 14 nitrogen and oxygen atoms in total. The van der Waals surface area contributed by atoms with E-state index in [4.69, 9.17) is 10.3 Å². The van der Waals surface area contributed by atoms with Gasteiger partial charge in [-0.1, -0.05) is 5.16 Å². The number of aliphatic hydroxyl groups is 1. The summed E-state index contributed by atoms with van der Waals surface area (Å²) in [4.78, 5) is 82.4. The number of anilines is 1. The van der Waals surface area contributed by atoms with Crippen LogP contribution in [0.1, 0.15) is 38.5 Å². The molecule has 3 aliphatic carbocycles. The standard InChI is InChI=1S/C28H31N5O9/c1-32(2)15-9-12(10-30-27(40)16-5-6-31-42-16)21(34)18-13(15)7-11-8-14-20(33(3)4)23(36)19(26(29)39)25(38)28(14,41)24(37)17(11)22(18)35/h5-6,9,11,14,17,19-20,34,41H,7-8,10H2,1-4H3,(H2,29,39)(H,30,40)/t11-,14-,17?,19?,20?,28-/m0/s1. The predicted molar refractivity (Wildman–Crippen MR) is 143 cm³/mol. The minimum Gasteiger partial charge on any atom is -0.507 e. The number of nitrogens with one attached hydrogen (secondary N) is 1. The molecule has 5 N–H and O–H groups in total. The summed E-state index contributed by atoms with van der Waals surface area (Å²) in [6.45, 7) is -0.202. The van der Waals surface area contributed by atoms with E-state index < -0.39 is 76.0 Å². The monoisotopic (exact) mass is 581 g/mol. The van der Waals surface area contributed by atoms with E-state index >= 15 is 0 Å². The second-order valence-corrected chi connectivity index (χ2v) is 11.5. The number of aromatic hydroxyl groups is 1. The van der Waals surface area contributed by atoms with Gasteiger partial charge in [0.2, 0.25) is 11.7 Å². The van der Waals surface area contributed by atoms with Crippen LogP contribution < -0.4 is 16.0 Å². The van der Waals surface area contributed by atoms with Crippen LogP contribution in [0.15, 0.2) is 22.9 Å². The number of amides is 2. The van der Waals surface area contributed by atoms with E-state index in [2.05, 4.69) is 10.5 Å². The summed E-state index contributed by atoms with van der Waals surface area (Å²) in [5.41, 5.74) is 3.58. The smallest absolute Gasteiger partial charge is 0.290 e. The van der Waals surface area contributed by atoms with E-state index in [1.165, 1.54) is 31.3 Å². The van der Waals surface area contributed by atoms with Crippen LogP contribution >= 0.6 is 0 Å². The lowest BCUT2D eigenvalue weighted by atomic mass is 9.52. The highest BCUT2D eigenvalue weighted by Crippen LogP contribution is 2.52. The number of aromatic nitrogens is 1. The van der Waals surface area contributed by atoms with Crippen molar-refractivity contribution >= 4 is 40.6 Å². The number of primary amides is 1. The lowest BCUT2D eigenvalue weighted by molar-refractivity contribution is -0.181. The SMILES string of the molecule is CN(C)c1cc(CNC(=O)c2ccno2)c(O)c2c1C[C@H]1C[C@H]3C(N(C)C)C(=O)C(C(N)=O)C(=O)[C@@]3(O)C(=O)C1C2=O. The zero-order valence-corrected chi connectivity index (χ0v) is 23.4. The molecular formula is C28H31N5O9. The predicted octanol–water partition coefficient (Wildman–Crippen LogP) is -1.15. The maximum Gasteiger partial charge on any atom is 0.290 e. The molecule has 2 amide bonds. The van der Waals surface area contributed by atoms with Gasteiger partial charge in [-0.05, 0) is 44.5 Å². The number of nitrogens with two attached hydrogens (primary N) is 1. The van der Waals surface area contributed by atoms with Crippen molar-refractivity contribution in [2.24, 2.45) is 29.4 Å². The number of benzene rings is 1. The topological polar surface area (TPSA) is 213 Å². The Morgan fingerprint density at radius 2 is 1.86 bits per heavy atom. The summed E-state index contributed by atoms with van der Waals surface area (Å²) in [6, 6.07) is 1.80. The highest BCUT2D eigenvalue weighted by Gasteiger charge is 2.69. The van der Waals surface area contributed by atoms with Crippen molar-refractivity contribution in [3.8, 4) is 5.75 Å². The van der Waals surface area contributed by atoms with E-state index in [1.54, 1.807) is 25.1 Å². The molecule has 1 heterocycles. The molecule has 0 bridgehead atoms. The van der Waals surface area contributed by atoms with E-state index in [9.17, 15) is 39.0 Å². The second kappa shape index (κ2) is 10.1. The summed E-state index contributed by atoms with van der Waals surface area (Å²) >= 11 is 0. The molecule has 5 rings (SSSR count). The number of phenols is 1. The third-order valence-corrected chi connectivity index (χ3v) is 8.70. The van der Waals surface area contributed by atoms with Crippen molar-refractivity contribution in [2.75, 3.05) is 33.1 Å². The van der Waals surface area contributed by atoms with Crippen LogP contribution in [0.4, 0.5) is 5.69 Å². The molecule has 3 unspecified atom stereocenters. The number of likely N-dealkylation sites (N-methyl/N-ethyl adjacent to an activating group) is 1. The molecule has 0 radical (unpaired) electrons. The number of fused-ring (bicyclic) bond motifs is 3. The van der Waals surface area contributed by atoms with Gasteiger partial charge in [0.25, 0.3) is 5.91 Å². The van der Waals surface area contributed by atoms with E-state index in [-0.39, 0.29) is 36.3 Å². The number of hydrogen-bond donors (Lipinski definition) is 4. The minimum absolute atomic E-state index is 0.0491. The van der Waals surface area contributed by atoms with Gasteiger partial charge in [-0.3, -0.25) is 33.7 Å². The first-order valence-corrected chi connectivity index (χ1v) is 13.3. The maximum absolute atomic E-state index is 14.1. The van der Waals surface area contributed by atoms with Crippen molar-refractivity contribution in [3.63, 3.8) is 0 Å². The molecule has 42 heavy (non-hydrogen) atoms. The largest absolute Gasteiger partial charge is 0.507 e. The first-order chi connectivity index (χ1) is 19.7. The third kappa shape index (κ3) is 4.12. The first-order valence-electron chi connectivity index (χ1n) is 13.3. The number of rotatable bonds is 6. The van der Waals surface area contributed by atoms with Crippen LogP contribution in [0.25, 0.3) is 0 Å². The maximum atomic E-state index is 14.1. The Labute approximate surface area is 239 Å². The summed E-state index contributed by atoms with van der Waals surface area (Å²) in [5.74, 6) is -11.9. The Bertz CT molecular complexity index is 1530. The number of hydrogen-bond acceptors (Lipinski definition) is 12. The molecule has 14 heteroatoms. The van der Waals surface area contributed by atoms with E-state index in [1.807, 2.05) is 0 Å². The van der Waals surface area contributed by atoms with Gasteiger partial charge in [0.05, 0.1) is 23.7 Å². The van der Waals surface area contributed by atoms with Gasteiger partial charge in [0.1, 0.15) is 5.75 Å². The lowest BCUT2D eigenvalue weighted by Crippen LogP contribution is -2.74. The molecule has 222 valence electrons. The van der Waals surface area contributed by atoms with Crippen LogP contribution in [-0.2, 0) is 32.1 Å². The molecule has 0 saturated heterocycles. The Morgan fingerprint density at radius 1 is 1.17 bits per heavy atom. The molecule has 0 aliphatic heterocycles. The second-order valence-electron chi connectivity index (χ2n) is 11.5. The zero-order chi connectivity index (χ0) is 30.8. The van der Waals surface area contributed by atoms with Crippen LogP contribution in [0.3, 0.4) is 0 Å². The Balaban J connectivity index is 1.58. The van der Waals surface area contributed by atoms with Gasteiger partial charge < -0.3 is 30.7 Å². The van der Waals surface area contributed by atoms with E-state index in [0.717, 1.165) is 0 Å². The lowest BCUT2D eigenvalue weighted by Gasteiger charge is -2.52. The highest BCUT2D eigenvalue weighted by atomic mass is 16.5. The molecule has 3 aliphatic rings. The molecule has 1 aromatic heterocycles. The zero-order valence-electron chi connectivity index (χ0n) is 23.4. The van der Waals surface area contributed by atoms with Crippen molar-refractivity contribution in [2.45, 2.75) is 31.0 Å². The highest BCUT2D eigenvalue weighted by molar-refractivity contribution is 6.32. The number of nitrogens with zero attached hydrogens (tertiary/aromatic N) is 3. The molecule has 2 saturated carbocycles. The quantitative estimate of drug-likeness (QED) is 0.298. The molecule has 0 spiro atoms. The fourth-order valence-corrected chi connectivity index (χ4v) is 6.84. The van der Waals surface area contributed by atoms with Crippen LogP contribution in [0.5, 0.6) is 5.75 Å². The Kier molecular flexibility index (Phi) is 7.02. The van der Waals surface area contributed by atoms with Crippen LogP contribution in [0.2, 0.25) is 0 Å². The summed E-state index contributed by atoms with van der Waals surface area (Å²) < 4.78 is 4.84. The summed E-state index contributed by atoms with van der Waals surface area (Å²) in [5, 5.41) is 29.0. The number of Topliss-reactive ketones (excluding diaryl/α,β-unsaturated/α-hetero) is 4. The molecule has 2 fully saturated rings. The normalized spacial score (nSPS) is 28.7. The first kappa shape index (κ1) is 29.1. The number of carbonyl (C=O) groups is 6. The van der Waals surface area contributed by atoms with Gasteiger partial charge in [-0.15, -0.1) is 0 Å². The Hall–Kier alpha value is -4.43. The van der Waals surface area contributed by atoms with Crippen LogP contribution in [-0.4, -0.2) is 95.1 Å². The van der Waals surface area contributed by atoms with Gasteiger partial charge in [-0.2, -0.15) is 0 Å². The summed E-state index contributed by atoms with van der Waals surface area (Å²) in [6.07, 6.45) is 1.37. The number of phenolic OH excluding ortho intramolecular Hbond substituents is 1. The molecule has 1 aromatic carbocycles. The minimum atomic E-state index is -2.81. The van der Waals surface area contributed by atoms with Crippen molar-refractivity contribution < 1.29 is 43.5 Å². The number of ketones is 4. The third-order valence-electron chi connectivity index (χ3n) is 8.70. The van der Waals surface area contributed by atoms with Crippen LogP contribution in [0, 0.1) is 23.7 Å². The fourth-order valence-electron chi connectivity index (χ4n) is 6.84. The molecule has 6 atom stereocenters. The fraction of sp³-hybridized carbons (Fsp3) is 0.464. The Morgan fingerprint density at radius 3 is 2.43 bits per heavy atom. The van der Waals surface area contributed by atoms with Crippen molar-refractivity contribution in [3.05, 3.63) is 40.8 Å². The van der Waals surface area contributed by atoms with E-state index in [0.29, 0.717) is 11.3 Å². The average Bonchev–Trinajstić information content (AvgIpc) is 3.45. The molecule has 2 aromatic rings. The van der Waals surface area contributed by atoms with Gasteiger partial charge in [0.15, 0.2) is 34.7 Å². The van der Waals surface area contributed by atoms with Crippen molar-refractivity contribution in [1.82, 2.24) is 15.4 Å². The number of carbonyl (C=O) groups excluding carboxylic acids is 6. The molecular weight excluding hydrogens is 550 g/mol. The van der Waals surface area contributed by atoms with Crippen molar-refractivity contribution in [1.29, 1.82) is 0 Å². The average molecular weight is 582 g/mol. The summed E-state index contributed by atoms with van der Waals surface area (Å²) in [7, 11) is 6.52. The van der Waals surface area contributed by atoms with Gasteiger partial charge in [-0.25, -0.2) is 0 Å². The van der Waals surface area contributed by atoms with Gasteiger partial charge >= 0.3 is 0 Å². The van der Waals surface area contributed by atoms with Gasteiger partial charge in [0, 0.05) is 43.9 Å².